The molecule has 0 spiro atoms. The monoisotopic (exact) mass is 94.0 g/mol. The van der Waals surface area contributed by atoms with Gasteiger partial charge in [-0.05, 0) is 6.92 Å². The summed E-state index contributed by atoms with van der Waals surface area (Å²) in [6.45, 7) is 1.93. The number of aliphatic hydroxyl groups excluding tert-OH is 1. The van der Waals surface area contributed by atoms with E-state index in [9.17, 15) is 0 Å². The fraction of sp³-hybridized carbons (Fsp3) is 1.00. The van der Waals surface area contributed by atoms with Gasteiger partial charge in [0.1, 0.15) is 0 Å². The van der Waals surface area contributed by atoms with Crippen molar-refractivity contribution in [3.8, 4) is 0 Å². The summed E-state index contributed by atoms with van der Waals surface area (Å²) in [6.07, 6.45) is 0. The second-order valence-electron chi connectivity index (χ2n) is 0.316. The Morgan fingerprint density at radius 3 is 1.40 bits per heavy atom. The zero-order valence-corrected chi connectivity index (χ0v) is 2.15. The average molecular weight is 94.1 g/mol. The van der Waals surface area contributed by atoms with Crippen LogP contribution in [0.1, 0.15) is 6.92 Å². The van der Waals surface area contributed by atoms with Gasteiger partial charge in [-0.1, -0.05) is 0 Å². The van der Waals surface area contributed by atoms with Gasteiger partial charge in [0.05, 0.1) is 0 Å². The molecule has 0 aliphatic heterocycles. The summed E-state index contributed by atoms with van der Waals surface area (Å²) in [7, 11) is 0. The van der Waals surface area contributed by atoms with Crippen molar-refractivity contribution >= 4 is 59.1 Å². The molecule has 0 aromatic carbocycles. The van der Waals surface area contributed by atoms with Crippen LogP contribution in [-0.4, -0.2) is 70.8 Å². The fourth-order valence-electron chi connectivity index (χ4n) is 0. The first-order valence-corrected chi connectivity index (χ1v) is 1.02. The van der Waals surface area contributed by atoms with Crippen LogP contribution in [0.15, 0.2) is 0 Å². The first-order valence-electron chi connectivity index (χ1n) is 1.02. The normalized spacial score (nSPS) is 3.60. The summed E-state index contributed by atoms with van der Waals surface area (Å²) < 4.78 is 0. The maximum atomic E-state index is 7.57. The van der Waals surface area contributed by atoms with Crippen molar-refractivity contribution in [2.45, 2.75) is 6.92 Å². The van der Waals surface area contributed by atoms with Crippen molar-refractivity contribution in [1.29, 1.82) is 0 Å². The van der Waals surface area contributed by atoms with E-state index in [1.165, 1.54) is 0 Å². The molecule has 24 valence electrons. The first kappa shape index (κ1) is 15.8. The summed E-state index contributed by atoms with van der Waals surface area (Å²) in [5, 5.41) is 7.57. The Balaban J connectivity index is -0.0000000200. The minimum absolute atomic E-state index is 0. The molecular weight excluding hydrogens is 86.0 g/mol. The molecule has 0 aliphatic rings. The van der Waals surface area contributed by atoms with Crippen LogP contribution < -0.4 is 0 Å². The van der Waals surface area contributed by atoms with E-state index in [4.69, 9.17) is 5.11 Å². The molecule has 0 aromatic heterocycles. The van der Waals surface area contributed by atoms with Crippen molar-refractivity contribution in [2.75, 3.05) is 6.61 Å². The third-order valence-electron chi connectivity index (χ3n) is 0. The van der Waals surface area contributed by atoms with Crippen molar-refractivity contribution in [1.82, 2.24) is 0 Å². The Morgan fingerprint density at radius 1 is 1.40 bits per heavy atom. The fourth-order valence-corrected chi connectivity index (χ4v) is 0. The summed E-state index contributed by atoms with van der Waals surface area (Å²) in [5.74, 6) is 0. The van der Waals surface area contributed by atoms with Crippen molar-refractivity contribution in [3.05, 3.63) is 0 Å². The summed E-state index contributed by atoms with van der Waals surface area (Å²) >= 11 is 0. The molecule has 0 heterocycles. The predicted molar refractivity (Wildman–Crippen MR) is 27.1 cm³/mol. The Bertz CT molecular complexity index is 7.61. The molecule has 0 atom stereocenters. The topological polar surface area (TPSA) is 20.2 Å². The van der Waals surface area contributed by atoms with Gasteiger partial charge in [0.15, 0.2) is 0 Å². The summed E-state index contributed by atoms with van der Waals surface area (Å²) in [6, 6.07) is 0. The van der Waals surface area contributed by atoms with E-state index in [1.54, 1.807) is 6.92 Å². The van der Waals surface area contributed by atoms with Crippen LogP contribution in [0.5, 0.6) is 0 Å². The molecular formula is C2H8Na2O. The van der Waals surface area contributed by atoms with Gasteiger partial charge in [0.2, 0.25) is 0 Å². The summed E-state index contributed by atoms with van der Waals surface area (Å²) in [4.78, 5) is 0. The molecule has 0 bridgehead atoms. The molecule has 0 aromatic rings. The molecule has 0 fully saturated rings. The zero-order valence-electron chi connectivity index (χ0n) is 2.15. The maximum absolute atomic E-state index is 7.57. The van der Waals surface area contributed by atoms with Crippen LogP contribution in [0.2, 0.25) is 0 Å². The number of rotatable bonds is 0. The van der Waals surface area contributed by atoms with Crippen LogP contribution >= 0.6 is 0 Å². The van der Waals surface area contributed by atoms with Crippen LogP contribution in [-0.2, 0) is 0 Å². The molecule has 0 amide bonds. The molecule has 5 heavy (non-hydrogen) atoms. The first-order chi connectivity index (χ1) is 1.41. The van der Waals surface area contributed by atoms with Crippen molar-refractivity contribution in [3.63, 3.8) is 0 Å². The predicted octanol–water partition coefficient (Wildman–Crippen LogP) is -1.30. The molecule has 0 aliphatic carbocycles. The van der Waals surface area contributed by atoms with Crippen LogP contribution in [0.25, 0.3) is 0 Å². The van der Waals surface area contributed by atoms with Crippen LogP contribution in [0.4, 0.5) is 0 Å². The summed E-state index contributed by atoms with van der Waals surface area (Å²) in [5.41, 5.74) is 0. The molecule has 0 unspecified atom stereocenters. The van der Waals surface area contributed by atoms with E-state index >= 15 is 0 Å². The van der Waals surface area contributed by atoms with Crippen molar-refractivity contribution < 1.29 is 5.11 Å². The van der Waals surface area contributed by atoms with Gasteiger partial charge in [0, 0.05) is 6.61 Å². The Kier molecular flexibility index (Phi) is 52.8. The van der Waals surface area contributed by atoms with Crippen molar-refractivity contribution in [2.24, 2.45) is 0 Å². The number of hydrogen-bond donors (Lipinski definition) is 1. The molecule has 0 radical (unpaired) electrons. The standard InChI is InChI=1S/C2H6O.2Na.2H/c1-2-3;;;;/h3H,2H2,1H3;;;;. The third kappa shape index (κ3) is 24.3. The van der Waals surface area contributed by atoms with Crippen LogP contribution in [0.3, 0.4) is 0 Å². The van der Waals surface area contributed by atoms with Gasteiger partial charge in [-0.3, -0.25) is 0 Å². The van der Waals surface area contributed by atoms with Crippen LogP contribution in [0, 0.1) is 0 Å². The quantitative estimate of drug-likeness (QED) is 0.370. The molecule has 0 saturated heterocycles. The van der Waals surface area contributed by atoms with Gasteiger partial charge >= 0.3 is 59.1 Å². The van der Waals surface area contributed by atoms with E-state index < -0.39 is 0 Å². The Labute approximate surface area is 76.7 Å². The Morgan fingerprint density at radius 2 is 1.40 bits per heavy atom. The van der Waals surface area contributed by atoms with Gasteiger partial charge in [-0.25, -0.2) is 0 Å². The molecule has 3 heteroatoms. The SMILES string of the molecule is CCO.[NaH].[NaH]. The molecule has 0 saturated carbocycles. The van der Waals surface area contributed by atoms with E-state index in [1.807, 2.05) is 0 Å². The molecule has 1 nitrogen and oxygen atoms in total. The molecule has 1 N–H and O–H groups in total. The number of aliphatic hydroxyl groups is 1. The Hall–Kier alpha value is 1.96. The van der Waals surface area contributed by atoms with E-state index in [0.29, 0.717) is 0 Å². The second-order valence-corrected chi connectivity index (χ2v) is 0.316. The van der Waals surface area contributed by atoms with E-state index in [0.717, 1.165) is 0 Å². The average Bonchev–Trinajstić information content (AvgIpc) is 0.918. The van der Waals surface area contributed by atoms with Gasteiger partial charge in [-0.15, -0.1) is 0 Å². The van der Waals surface area contributed by atoms with E-state index in [-0.39, 0.29) is 65.7 Å². The second kappa shape index (κ2) is 16.7. The number of hydrogen-bond acceptors (Lipinski definition) is 1. The van der Waals surface area contributed by atoms with Gasteiger partial charge in [0.25, 0.3) is 0 Å². The third-order valence-corrected chi connectivity index (χ3v) is 0. The van der Waals surface area contributed by atoms with Gasteiger partial charge in [-0.2, -0.15) is 0 Å². The van der Waals surface area contributed by atoms with E-state index in [2.05, 4.69) is 0 Å². The minimum atomic E-state index is 0. The van der Waals surface area contributed by atoms with Gasteiger partial charge < -0.3 is 5.11 Å². The molecule has 0 rings (SSSR count). The zero-order chi connectivity index (χ0) is 2.71.